The highest BCUT2D eigenvalue weighted by atomic mass is 79.9. The monoisotopic (exact) mass is 329 g/mol. The predicted octanol–water partition coefficient (Wildman–Crippen LogP) is 2.06. The molecule has 98 valence electrons. The lowest BCUT2D eigenvalue weighted by Crippen LogP contribution is -2.55. The molecule has 4 nitrogen and oxygen atoms in total. The van der Waals surface area contributed by atoms with Crippen LogP contribution >= 0.6 is 27.7 Å². The number of hydrogen-bond acceptors (Lipinski definition) is 4. The largest absolute Gasteiger partial charge is 0.368 e. The standard InChI is InChI=1S/C12H16BrN3OS/c13-8-3-4-10(16-7-8)18-9-2-1-5-12(15,6-9)11(14)17/h3-4,7,9H,1-2,5-6,15H2,(H2,14,17). The third-order valence-electron chi connectivity index (χ3n) is 3.22. The Hall–Kier alpha value is -0.590. The Labute approximate surface area is 119 Å². The van der Waals surface area contributed by atoms with Gasteiger partial charge in [-0.05, 0) is 53.7 Å². The van der Waals surface area contributed by atoms with Gasteiger partial charge in [-0.25, -0.2) is 4.98 Å². The van der Waals surface area contributed by atoms with Crippen LogP contribution in [0.25, 0.3) is 0 Å². The molecule has 1 heterocycles. The van der Waals surface area contributed by atoms with Gasteiger partial charge in [0.25, 0.3) is 0 Å². The fraction of sp³-hybridized carbons (Fsp3) is 0.500. The van der Waals surface area contributed by atoms with Gasteiger partial charge in [-0.2, -0.15) is 0 Å². The van der Waals surface area contributed by atoms with E-state index in [1.807, 2.05) is 12.1 Å². The zero-order valence-electron chi connectivity index (χ0n) is 9.93. The number of hydrogen-bond donors (Lipinski definition) is 2. The molecule has 1 aliphatic rings. The van der Waals surface area contributed by atoms with Gasteiger partial charge in [-0.15, -0.1) is 11.8 Å². The van der Waals surface area contributed by atoms with E-state index in [0.717, 1.165) is 22.3 Å². The summed E-state index contributed by atoms with van der Waals surface area (Å²) >= 11 is 5.03. The third-order valence-corrected chi connectivity index (χ3v) is 4.91. The van der Waals surface area contributed by atoms with Gasteiger partial charge in [-0.3, -0.25) is 4.79 Å². The Morgan fingerprint density at radius 1 is 1.56 bits per heavy atom. The first-order valence-electron chi connectivity index (χ1n) is 5.87. The maximum Gasteiger partial charge on any atom is 0.237 e. The van der Waals surface area contributed by atoms with Crippen molar-refractivity contribution < 1.29 is 4.79 Å². The number of pyridine rings is 1. The quantitative estimate of drug-likeness (QED) is 0.889. The highest BCUT2D eigenvalue weighted by Gasteiger charge is 2.38. The summed E-state index contributed by atoms with van der Waals surface area (Å²) in [6.07, 6.45) is 5.08. The molecular weight excluding hydrogens is 314 g/mol. The van der Waals surface area contributed by atoms with Gasteiger partial charge in [0.15, 0.2) is 0 Å². The Kier molecular flexibility index (Phi) is 4.29. The van der Waals surface area contributed by atoms with Crippen LogP contribution in [-0.2, 0) is 4.79 Å². The van der Waals surface area contributed by atoms with Crippen LogP contribution in [-0.4, -0.2) is 21.7 Å². The maximum absolute atomic E-state index is 11.4. The molecule has 1 aromatic rings. The zero-order valence-corrected chi connectivity index (χ0v) is 12.3. The van der Waals surface area contributed by atoms with Crippen molar-refractivity contribution in [3.63, 3.8) is 0 Å². The second-order valence-electron chi connectivity index (χ2n) is 4.67. The molecule has 0 aromatic carbocycles. The van der Waals surface area contributed by atoms with Crippen LogP contribution in [0.5, 0.6) is 0 Å². The lowest BCUT2D eigenvalue weighted by atomic mass is 9.82. The Morgan fingerprint density at radius 3 is 2.94 bits per heavy atom. The maximum atomic E-state index is 11.4. The van der Waals surface area contributed by atoms with Crippen LogP contribution < -0.4 is 11.5 Å². The summed E-state index contributed by atoms with van der Waals surface area (Å²) in [5.41, 5.74) is 10.6. The first-order valence-corrected chi connectivity index (χ1v) is 7.54. The van der Waals surface area contributed by atoms with Crippen LogP contribution in [0.4, 0.5) is 0 Å². The molecule has 0 aliphatic heterocycles. The average Bonchev–Trinajstić information content (AvgIpc) is 2.32. The van der Waals surface area contributed by atoms with E-state index in [0.29, 0.717) is 18.1 Å². The number of aromatic nitrogens is 1. The number of nitrogens with two attached hydrogens (primary N) is 2. The van der Waals surface area contributed by atoms with Crippen LogP contribution in [0.15, 0.2) is 27.8 Å². The number of nitrogens with zero attached hydrogens (tertiary/aromatic N) is 1. The van der Waals surface area contributed by atoms with E-state index in [9.17, 15) is 4.79 Å². The SMILES string of the molecule is NC(=O)C1(N)CCCC(Sc2ccc(Br)cn2)C1. The Morgan fingerprint density at radius 2 is 2.33 bits per heavy atom. The molecule has 2 unspecified atom stereocenters. The summed E-state index contributed by atoms with van der Waals surface area (Å²) in [7, 11) is 0. The molecule has 1 amide bonds. The smallest absolute Gasteiger partial charge is 0.237 e. The van der Waals surface area contributed by atoms with Crippen molar-refractivity contribution in [2.24, 2.45) is 11.5 Å². The summed E-state index contributed by atoms with van der Waals surface area (Å²) in [4.78, 5) is 15.7. The predicted molar refractivity (Wildman–Crippen MR) is 76.2 cm³/mol. The molecule has 0 saturated heterocycles. The van der Waals surface area contributed by atoms with E-state index in [2.05, 4.69) is 20.9 Å². The summed E-state index contributed by atoms with van der Waals surface area (Å²) in [6, 6.07) is 3.92. The normalized spacial score (nSPS) is 28.0. The van der Waals surface area contributed by atoms with Crippen molar-refractivity contribution in [2.75, 3.05) is 0 Å². The lowest BCUT2D eigenvalue weighted by Gasteiger charge is -2.34. The van der Waals surface area contributed by atoms with E-state index < -0.39 is 11.4 Å². The van der Waals surface area contributed by atoms with E-state index in [1.165, 1.54) is 0 Å². The Balaban J connectivity index is 2.02. The fourth-order valence-corrected chi connectivity index (χ4v) is 3.68. The molecule has 2 rings (SSSR count). The number of amides is 1. The van der Waals surface area contributed by atoms with Crippen LogP contribution in [0.2, 0.25) is 0 Å². The molecule has 1 fully saturated rings. The molecule has 0 bridgehead atoms. The second kappa shape index (κ2) is 5.59. The van der Waals surface area contributed by atoms with E-state index >= 15 is 0 Å². The van der Waals surface area contributed by atoms with Crippen molar-refractivity contribution in [3.8, 4) is 0 Å². The molecule has 1 aromatic heterocycles. The van der Waals surface area contributed by atoms with Gasteiger partial charge in [-0.1, -0.05) is 0 Å². The summed E-state index contributed by atoms with van der Waals surface area (Å²) < 4.78 is 0.959. The van der Waals surface area contributed by atoms with Gasteiger partial charge < -0.3 is 11.5 Å². The number of thioether (sulfide) groups is 1. The molecular formula is C12H16BrN3OS. The highest BCUT2D eigenvalue weighted by molar-refractivity contribution is 9.10. The van der Waals surface area contributed by atoms with Crippen molar-refractivity contribution in [2.45, 2.75) is 41.5 Å². The van der Waals surface area contributed by atoms with Crippen LogP contribution in [0.1, 0.15) is 25.7 Å². The molecule has 0 spiro atoms. The van der Waals surface area contributed by atoms with Crippen molar-refractivity contribution in [1.82, 2.24) is 4.98 Å². The fourth-order valence-electron chi connectivity index (χ4n) is 2.18. The van der Waals surface area contributed by atoms with Crippen LogP contribution in [0, 0.1) is 0 Å². The third kappa shape index (κ3) is 3.24. The molecule has 6 heteroatoms. The van der Waals surface area contributed by atoms with E-state index in [-0.39, 0.29) is 0 Å². The van der Waals surface area contributed by atoms with Crippen LogP contribution in [0.3, 0.4) is 0 Å². The van der Waals surface area contributed by atoms with Gasteiger partial charge in [0.2, 0.25) is 5.91 Å². The average molecular weight is 330 g/mol. The number of primary amides is 1. The molecule has 1 aliphatic carbocycles. The van der Waals surface area contributed by atoms with E-state index in [4.69, 9.17) is 11.5 Å². The van der Waals surface area contributed by atoms with Gasteiger partial charge in [0, 0.05) is 15.9 Å². The van der Waals surface area contributed by atoms with Crippen molar-refractivity contribution in [3.05, 3.63) is 22.8 Å². The molecule has 0 radical (unpaired) electrons. The highest BCUT2D eigenvalue weighted by Crippen LogP contribution is 2.36. The summed E-state index contributed by atoms with van der Waals surface area (Å²) in [5.74, 6) is -0.392. The number of carbonyl (C=O) groups is 1. The molecule has 4 N–H and O–H groups in total. The molecule has 18 heavy (non-hydrogen) atoms. The van der Waals surface area contributed by atoms with Crippen molar-refractivity contribution in [1.29, 1.82) is 0 Å². The Bertz CT molecular complexity index is 439. The number of halogens is 1. The number of carbonyl (C=O) groups excluding carboxylic acids is 1. The summed E-state index contributed by atoms with van der Waals surface area (Å²) in [5, 5.41) is 1.27. The minimum absolute atomic E-state index is 0.310. The molecule has 1 saturated carbocycles. The molecule has 2 atom stereocenters. The van der Waals surface area contributed by atoms with E-state index in [1.54, 1.807) is 18.0 Å². The van der Waals surface area contributed by atoms with Gasteiger partial charge >= 0.3 is 0 Å². The second-order valence-corrected chi connectivity index (χ2v) is 6.91. The summed E-state index contributed by atoms with van der Waals surface area (Å²) in [6.45, 7) is 0. The zero-order chi connectivity index (χ0) is 13.2. The minimum atomic E-state index is -0.842. The van der Waals surface area contributed by atoms with Gasteiger partial charge in [0.1, 0.15) is 0 Å². The van der Waals surface area contributed by atoms with Gasteiger partial charge in [0.05, 0.1) is 10.6 Å². The lowest BCUT2D eigenvalue weighted by molar-refractivity contribution is -0.124. The number of rotatable bonds is 3. The minimum Gasteiger partial charge on any atom is -0.368 e. The first-order chi connectivity index (χ1) is 8.49. The topological polar surface area (TPSA) is 82.0 Å². The van der Waals surface area contributed by atoms with Crippen molar-refractivity contribution >= 4 is 33.6 Å². The first kappa shape index (κ1) is 13.8.